The van der Waals surface area contributed by atoms with Crippen LogP contribution < -0.4 is 14.8 Å². The number of hydrogen-bond donors (Lipinski definition) is 1. The van der Waals surface area contributed by atoms with Crippen molar-refractivity contribution in [2.75, 3.05) is 32.8 Å². The summed E-state index contributed by atoms with van der Waals surface area (Å²) in [6.07, 6.45) is 0. The summed E-state index contributed by atoms with van der Waals surface area (Å²) < 4.78 is 38.0. The standard InChI is InChI=1S/C15H24N2O4S.ClH/c1-4-20-14-7-6-13(10-15(14)21-5-2)22(18,19)17-9-8-16-12(3)11-17;/h6-7,10,12,16H,4-5,8-9,11H2,1-3H3;1H/t12-;/m0./s1. The fourth-order valence-electron chi connectivity index (χ4n) is 2.46. The average molecular weight is 365 g/mol. The van der Waals surface area contributed by atoms with E-state index in [1.807, 2.05) is 20.8 Å². The summed E-state index contributed by atoms with van der Waals surface area (Å²) in [5.74, 6) is 1.03. The highest BCUT2D eigenvalue weighted by Crippen LogP contribution is 2.31. The zero-order valence-corrected chi connectivity index (χ0v) is 15.4. The first-order valence-corrected chi connectivity index (χ1v) is 9.06. The Kier molecular flexibility index (Phi) is 7.60. The Balaban J connectivity index is 0.00000264. The fourth-order valence-corrected chi connectivity index (χ4v) is 4.00. The number of hydrogen-bond acceptors (Lipinski definition) is 5. The smallest absolute Gasteiger partial charge is 0.243 e. The number of sulfonamides is 1. The van der Waals surface area contributed by atoms with Crippen LogP contribution >= 0.6 is 12.4 Å². The number of benzene rings is 1. The van der Waals surface area contributed by atoms with Gasteiger partial charge >= 0.3 is 0 Å². The van der Waals surface area contributed by atoms with Gasteiger partial charge in [0.05, 0.1) is 18.1 Å². The first-order chi connectivity index (χ1) is 10.5. The molecule has 1 fully saturated rings. The molecule has 0 bridgehead atoms. The lowest BCUT2D eigenvalue weighted by atomic mass is 10.3. The number of halogens is 1. The summed E-state index contributed by atoms with van der Waals surface area (Å²) >= 11 is 0. The molecular formula is C15H25ClN2O4S. The molecule has 1 heterocycles. The minimum absolute atomic E-state index is 0. The van der Waals surface area contributed by atoms with Crippen molar-refractivity contribution >= 4 is 22.4 Å². The minimum Gasteiger partial charge on any atom is -0.490 e. The Hall–Kier alpha value is -1.02. The van der Waals surface area contributed by atoms with Gasteiger partial charge in [0, 0.05) is 31.7 Å². The Labute approximate surface area is 144 Å². The predicted molar refractivity (Wildman–Crippen MR) is 92.3 cm³/mol. The molecule has 1 aliphatic heterocycles. The second-order valence-corrected chi connectivity index (χ2v) is 7.13. The summed E-state index contributed by atoms with van der Waals surface area (Å²) in [5, 5.41) is 3.24. The van der Waals surface area contributed by atoms with Crippen molar-refractivity contribution in [3.05, 3.63) is 18.2 Å². The van der Waals surface area contributed by atoms with Gasteiger partial charge in [-0.3, -0.25) is 0 Å². The number of piperazine rings is 1. The van der Waals surface area contributed by atoms with Crippen molar-refractivity contribution in [1.82, 2.24) is 9.62 Å². The monoisotopic (exact) mass is 364 g/mol. The molecule has 6 nitrogen and oxygen atoms in total. The first-order valence-electron chi connectivity index (χ1n) is 7.62. The van der Waals surface area contributed by atoms with Crippen molar-refractivity contribution in [2.45, 2.75) is 31.7 Å². The second kappa shape index (κ2) is 8.73. The van der Waals surface area contributed by atoms with E-state index in [4.69, 9.17) is 9.47 Å². The van der Waals surface area contributed by atoms with Crippen molar-refractivity contribution < 1.29 is 17.9 Å². The van der Waals surface area contributed by atoms with E-state index in [0.29, 0.717) is 44.3 Å². The van der Waals surface area contributed by atoms with Gasteiger partial charge in [-0.05, 0) is 32.9 Å². The summed E-state index contributed by atoms with van der Waals surface area (Å²) in [6.45, 7) is 8.28. The SMILES string of the molecule is CCOc1ccc(S(=O)(=O)N2CCN[C@@H](C)C2)cc1OCC.Cl. The topological polar surface area (TPSA) is 67.9 Å². The third-order valence-electron chi connectivity index (χ3n) is 3.48. The highest BCUT2D eigenvalue weighted by molar-refractivity contribution is 7.89. The van der Waals surface area contributed by atoms with E-state index in [2.05, 4.69) is 5.32 Å². The molecule has 1 atom stereocenters. The van der Waals surface area contributed by atoms with E-state index < -0.39 is 10.0 Å². The highest BCUT2D eigenvalue weighted by atomic mass is 35.5. The highest BCUT2D eigenvalue weighted by Gasteiger charge is 2.29. The van der Waals surface area contributed by atoms with Crippen molar-refractivity contribution in [2.24, 2.45) is 0 Å². The van der Waals surface area contributed by atoms with Gasteiger partial charge in [0.1, 0.15) is 0 Å². The zero-order chi connectivity index (χ0) is 16.2. The van der Waals surface area contributed by atoms with Crippen LogP contribution in [0.25, 0.3) is 0 Å². The molecule has 0 amide bonds. The van der Waals surface area contributed by atoms with Crippen LogP contribution in [0.5, 0.6) is 11.5 Å². The molecule has 0 radical (unpaired) electrons. The average Bonchev–Trinajstić information content (AvgIpc) is 2.49. The maximum Gasteiger partial charge on any atom is 0.243 e. The summed E-state index contributed by atoms with van der Waals surface area (Å²) in [4.78, 5) is 0.244. The third kappa shape index (κ3) is 4.73. The molecule has 23 heavy (non-hydrogen) atoms. The quantitative estimate of drug-likeness (QED) is 0.834. The Morgan fingerprint density at radius 1 is 1.22 bits per heavy atom. The molecule has 0 spiro atoms. The van der Waals surface area contributed by atoms with Crippen LogP contribution in [-0.2, 0) is 10.0 Å². The lowest BCUT2D eigenvalue weighted by Gasteiger charge is -2.31. The number of ether oxygens (including phenoxy) is 2. The van der Waals surface area contributed by atoms with Crippen molar-refractivity contribution in [1.29, 1.82) is 0 Å². The molecule has 0 aliphatic carbocycles. The maximum absolute atomic E-state index is 12.8. The van der Waals surface area contributed by atoms with E-state index in [-0.39, 0.29) is 23.3 Å². The predicted octanol–water partition coefficient (Wildman–Crippen LogP) is 1.89. The molecular weight excluding hydrogens is 340 g/mol. The lowest BCUT2D eigenvalue weighted by Crippen LogP contribution is -2.51. The molecule has 132 valence electrons. The van der Waals surface area contributed by atoms with Gasteiger partial charge in [-0.1, -0.05) is 0 Å². The normalized spacial score (nSPS) is 19.0. The van der Waals surface area contributed by atoms with E-state index in [1.54, 1.807) is 18.2 Å². The lowest BCUT2D eigenvalue weighted by molar-refractivity contribution is 0.286. The minimum atomic E-state index is -3.51. The van der Waals surface area contributed by atoms with Gasteiger partial charge < -0.3 is 14.8 Å². The molecule has 1 saturated heterocycles. The Morgan fingerprint density at radius 3 is 2.48 bits per heavy atom. The molecule has 1 aliphatic rings. The van der Waals surface area contributed by atoms with Crippen molar-refractivity contribution in [3.8, 4) is 11.5 Å². The third-order valence-corrected chi connectivity index (χ3v) is 5.35. The van der Waals surface area contributed by atoms with Crippen LogP contribution in [0.1, 0.15) is 20.8 Å². The van der Waals surface area contributed by atoms with E-state index >= 15 is 0 Å². The Morgan fingerprint density at radius 2 is 1.87 bits per heavy atom. The van der Waals surface area contributed by atoms with Crippen LogP contribution in [0.15, 0.2) is 23.1 Å². The molecule has 2 rings (SSSR count). The Bertz CT molecular complexity index is 609. The largest absolute Gasteiger partial charge is 0.490 e. The van der Waals surface area contributed by atoms with Gasteiger partial charge in [-0.2, -0.15) is 4.31 Å². The number of nitrogens with one attached hydrogen (secondary N) is 1. The summed E-state index contributed by atoms with van der Waals surface area (Å²) in [7, 11) is -3.51. The molecule has 1 aromatic rings. The first kappa shape index (κ1) is 20.0. The molecule has 1 N–H and O–H groups in total. The van der Waals surface area contributed by atoms with Gasteiger partial charge in [0.25, 0.3) is 0 Å². The summed E-state index contributed by atoms with van der Waals surface area (Å²) in [6, 6.07) is 4.94. The van der Waals surface area contributed by atoms with Crippen LogP contribution in [-0.4, -0.2) is 51.6 Å². The maximum atomic E-state index is 12.8. The van der Waals surface area contributed by atoms with E-state index in [0.717, 1.165) is 0 Å². The van der Waals surface area contributed by atoms with Gasteiger partial charge in [-0.25, -0.2) is 8.42 Å². The van der Waals surface area contributed by atoms with Gasteiger partial charge in [-0.15, -0.1) is 12.4 Å². The molecule has 0 saturated carbocycles. The number of nitrogens with zero attached hydrogens (tertiary/aromatic N) is 1. The molecule has 0 aromatic heterocycles. The van der Waals surface area contributed by atoms with E-state index in [1.165, 1.54) is 4.31 Å². The zero-order valence-electron chi connectivity index (χ0n) is 13.7. The van der Waals surface area contributed by atoms with E-state index in [9.17, 15) is 8.42 Å². The van der Waals surface area contributed by atoms with Crippen LogP contribution in [0, 0.1) is 0 Å². The molecule has 0 unspecified atom stereocenters. The van der Waals surface area contributed by atoms with Gasteiger partial charge in [0.2, 0.25) is 10.0 Å². The van der Waals surface area contributed by atoms with Crippen molar-refractivity contribution in [3.63, 3.8) is 0 Å². The number of rotatable bonds is 6. The summed E-state index contributed by atoms with van der Waals surface area (Å²) in [5.41, 5.74) is 0. The van der Waals surface area contributed by atoms with Crippen LogP contribution in [0.4, 0.5) is 0 Å². The van der Waals surface area contributed by atoms with Gasteiger partial charge in [0.15, 0.2) is 11.5 Å². The van der Waals surface area contributed by atoms with Crippen LogP contribution in [0.3, 0.4) is 0 Å². The molecule has 1 aromatic carbocycles. The van der Waals surface area contributed by atoms with Crippen LogP contribution in [0.2, 0.25) is 0 Å². The fraction of sp³-hybridized carbons (Fsp3) is 0.600. The molecule has 8 heteroatoms. The second-order valence-electron chi connectivity index (χ2n) is 5.19.